The average molecular weight is 326 g/mol. The molecule has 1 heterocycles. The highest BCUT2D eigenvalue weighted by atomic mass is 79.9. The molecule has 2 N–H and O–H groups in total. The standard InChI is InChI=1S/C14H16BrNOS/c15-14-4-3-12(10-11(14)5-7-16)17-8-6-13-2-1-9-18-13/h1-4,9-10H,5-8,16H2. The second-order valence-electron chi connectivity index (χ2n) is 3.97. The van der Waals surface area contributed by atoms with Gasteiger partial charge in [-0.2, -0.15) is 0 Å². The molecule has 0 aliphatic heterocycles. The lowest BCUT2D eigenvalue weighted by Gasteiger charge is -2.09. The number of halogens is 1. The van der Waals surface area contributed by atoms with Crippen molar-refractivity contribution in [2.75, 3.05) is 13.2 Å². The first-order valence-corrected chi connectivity index (χ1v) is 7.60. The molecule has 1 aromatic carbocycles. The van der Waals surface area contributed by atoms with Gasteiger partial charge < -0.3 is 10.5 Å². The fraction of sp³-hybridized carbons (Fsp3) is 0.286. The fourth-order valence-electron chi connectivity index (χ4n) is 1.71. The summed E-state index contributed by atoms with van der Waals surface area (Å²) in [6.07, 6.45) is 1.82. The van der Waals surface area contributed by atoms with Gasteiger partial charge in [-0.3, -0.25) is 0 Å². The quantitative estimate of drug-likeness (QED) is 0.880. The SMILES string of the molecule is NCCc1cc(OCCc2cccs2)ccc1Br. The van der Waals surface area contributed by atoms with E-state index in [0.717, 1.165) is 23.1 Å². The highest BCUT2D eigenvalue weighted by Crippen LogP contribution is 2.23. The van der Waals surface area contributed by atoms with Crippen molar-refractivity contribution in [3.63, 3.8) is 0 Å². The van der Waals surface area contributed by atoms with E-state index < -0.39 is 0 Å². The zero-order chi connectivity index (χ0) is 12.8. The molecule has 0 saturated carbocycles. The summed E-state index contributed by atoms with van der Waals surface area (Å²) in [4.78, 5) is 1.36. The lowest BCUT2D eigenvalue weighted by atomic mass is 10.1. The van der Waals surface area contributed by atoms with E-state index in [9.17, 15) is 0 Å². The number of hydrogen-bond donors (Lipinski definition) is 1. The molecule has 2 nitrogen and oxygen atoms in total. The van der Waals surface area contributed by atoms with Gasteiger partial charge in [-0.1, -0.05) is 22.0 Å². The Morgan fingerprint density at radius 3 is 2.83 bits per heavy atom. The molecule has 0 atom stereocenters. The predicted octanol–water partition coefficient (Wildman–Crippen LogP) is 3.63. The summed E-state index contributed by atoms with van der Waals surface area (Å²) >= 11 is 5.29. The van der Waals surface area contributed by atoms with E-state index in [0.29, 0.717) is 13.2 Å². The van der Waals surface area contributed by atoms with Crippen LogP contribution in [-0.2, 0) is 12.8 Å². The number of thiophene rings is 1. The minimum absolute atomic E-state index is 0.650. The molecule has 96 valence electrons. The van der Waals surface area contributed by atoms with E-state index in [1.807, 2.05) is 12.1 Å². The van der Waals surface area contributed by atoms with Crippen LogP contribution < -0.4 is 10.5 Å². The van der Waals surface area contributed by atoms with Gasteiger partial charge in [-0.05, 0) is 48.2 Å². The van der Waals surface area contributed by atoms with E-state index in [1.165, 1.54) is 10.4 Å². The Kier molecular flexibility index (Phi) is 5.23. The fourth-order valence-corrected chi connectivity index (χ4v) is 2.85. The van der Waals surface area contributed by atoms with Crippen molar-refractivity contribution in [2.45, 2.75) is 12.8 Å². The molecule has 0 spiro atoms. The summed E-state index contributed by atoms with van der Waals surface area (Å²) < 4.78 is 6.86. The smallest absolute Gasteiger partial charge is 0.119 e. The Labute approximate surface area is 120 Å². The summed E-state index contributed by atoms with van der Waals surface area (Å²) in [5.74, 6) is 0.915. The van der Waals surface area contributed by atoms with Crippen LogP contribution >= 0.6 is 27.3 Å². The van der Waals surface area contributed by atoms with Crippen LogP contribution in [0.25, 0.3) is 0 Å². The maximum absolute atomic E-state index is 5.77. The maximum Gasteiger partial charge on any atom is 0.119 e. The van der Waals surface area contributed by atoms with Crippen LogP contribution in [-0.4, -0.2) is 13.2 Å². The first-order chi connectivity index (χ1) is 8.79. The normalized spacial score (nSPS) is 10.6. The molecule has 0 bridgehead atoms. The van der Waals surface area contributed by atoms with Crippen LogP contribution in [0.1, 0.15) is 10.4 Å². The van der Waals surface area contributed by atoms with Crippen molar-refractivity contribution in [1.29, 1.82) is 0 Å². The Bertz CT molecular complexity index is 485. The largest absolute Gasteiger partial charge is 0.493 e. The van der Waals surface area contributed by atoms with Gasteiger partial charge in [0.1, 0.15) is 5.75 Å². The summed E-state index contributed by atoms with van der Waals surface area (Å²) in [5, 5.41) is 2.09. The van der Waals surface area contributed by atoms with E-state index >= 15 is 0 Å². The second kappa shape index (κ2) is 6.92. The summed E-state index contributed by atoms with van der Waals surface area (Å²) in [6, 6.07) is 10.3. The summed E-state index contributed by atoms with van der Waals surface area (Å²) in [7, 11) is 0. The van der Waals surface area contributed by atoms with Crippen molar-refractivity contribution >= 4 is 27.3 Å². The molecule has 0 fully saturated rings. The molecular weight excluding hydrogens is 310 g/mol. The summed E-state index contributed by atoms with van der Waals surface area (Å²) in [5.41, 5.74) is 6.78. The van der Waals surface area contributed by atoms with Crippen LogP contribution in [0.4, 0.5) is 0 Å². The third-order valence-corrected chi connectivity index (χ3v) is 4.34. The number of nitrogens with two attached hydrogens (primary N) is 1. The molecule has 18 heavy (non-hydrogen) atoms. The Balaban J connectivity index is 1.90. The summed E-state index contributed by atoms with van der Waals surface area (Å²) in [6.45, 7) is 1.36. The van der Waals surface area contributed by atoms with Gasteiger partial charge in [-0.25, -0.2) is 0 Å². The van der Waals surface area contributed by atoms with Crippen LogP contribution in [0.15, 0.2) is 40.2 Å². The molecule has 0 amide bonds. The topological polar surface area (TPSA) is 35.2 Å². The zero-order valence-corrected chi connectivity index (χ0v) is 12.5. The first kappa shape index (κ1) is 13.6. The van der Waals surface area contributed by atoms with Crippen molar-refractivity contribution < 1.29 is 4.74 Å². The van der Waals surface area contributed by atoms with Gasteiger partial charge in [0, 0.05) is 15.8 Å². The van der Waals surface area contributed by atoms with E-state index in [2.05, 4.69) is 39.5 Å². The minimum atomic E-state index is 0.650. The molecule has 2 aromatic rings. The first-order valence-electron chi connectivity index (χ1n) is 5.93. The third kappa shape index (κ3) is 3.83. The Hall–Kier alpha value is -0.840. The second-order valence-corrected chi connectivity index (χ2v) is 5.86. The predicted molar refractivity (Wildman–Crippen MR) is 80.4 cm³/mol. The van der Waals surface area contributed by atoms with Crippen LogP contribution in [0.5, 0.6) is 5.75 Å². The molecular formula is C14H16BrNOS. The van der Waals surface area contributed by atoms with E-state index in [1.54, 1.807) is 11.3 Å². The highest BCUT2D eigenvalue weighted by molar-refractivity contribution is 9.10. The van der Waals surface area contributed by atoms with Crippen molar-refractivity contribution in [2.24, 2.45) is 5.73 Å². The van der Waals surface area contributed by atoms with Gasteiger partial charge in [0.2, 0.25) is 0 Å². The van der Waals surface area contributed by atoms with Gasteiger partial charge in [0.15, 0.2) is 0 Å². The lowest BCUT2D eigenvalue weighted by molar-refractivity contribution is 0.322. The van der Waals surface area contributed by atoms with Gasteiger partial charge in [-0.15, -0.1) is 11.3 Å². The minimum Gasteiger partial charge on any atom is -0.493 e. The maximum atomic E-state index is 5.77. The molecule has 0 saturated heterocycles. The van der Waals surface area contributed by atoms with Gasteiger partial charge >= 0.3 is 0 Å². The van der Waals surface area contributed by atoms with Crippen molar-refractivity contribution in [1.82, 2.24) is 0 Å². The van der Waals surface area contributed by atoms with Crippen LogP contribution in [0.3, 0.4) is 0 Å². The van der Waals surface area contributed by atoms with Crippen molar-refractivity contribution in [3.05, 3.63) is 50.6 Å². The van der Waals surface area contributed by atoms with Gasteiger partial charge in [0.05, 0.1) is 6.61 Å². The molecule has 0 unspecified atom stereocenters. The zero-order valence-electron chi connectivity index (χ0n) is 10.1. The van der Waals surface area contributed by atoms with E-state index in [-0.39, 0.29) is 0 Å². The third-order valence-electron chi connectivity index (χ3n) is 2.63. The number of benzene rings is 1. The number of ether oxygens (including phenoxy) is 1. The van der Waals surface area contributed by atoms with Crippen molar-refractivity contribution in [3.8, 4) is 5.75 Å². The molecule has 0 aliphatic rings. The monoisotopic (exact) mass is 325 g/mol. The molecule has 0 aliphatic carbocycles. The van der Waals surface area contributed by atoms with Crippen LogP contribution in [0.2, 0.25) is 0 Å². The lowest BCUT2D eigenvalue weighted by Crippen LogP contribution is -2.04. The number of rotatable bonds is 6. The van der Waals surface area contributed by atoms with Crippen LogP contribution in [0, 0.1) is 0 Å². The van der Waals surface area contributed by atoms with E-state index in [4.69, 9.17) is 10.5 Å². The molecule has 0 radical (unpaired) electrons. The molecule has 4 heteroatoms. The Morgan fingerprint density at radius 1 is 1.22 bits per heavy atom. The Morgan fingerprint density at radius 2 is 2.11 bits per heavy atom. The molecule has 2 rings (SSSR count). The molecule has 1 aromatic heterocycles. The van der Waals surface area contributed by atoms with Gasteiger partial charge in [0.25, 0.3) is 0 Å². The number of hydrogen-bond acceptors (Lipinski definition) is 3. The average Bonchev–Trinajstić information content (AvgIpc) is 2.87. The highest BCUT2D eigenvalue weighted by Gasteiger charge is 2.02.